The lowest BCUT2D eigenvalue weighted by Gasteiger charge is -2.33. The van der Waals surface area contributed by atoms with Crippen LogP contribution < -0.4 is 10.1 Å². The highest BCUT2D eigenvalue weighted by atomic mass is 35.5. The number of thiophene rings is 1. The quantitative estimate of drug-likeness (QED) is 0.340. The van der Waals surface area contributed by atoms with E-state index in [1.165, 1.54) is 4.88 Å². The molecule has 0 radical (unpaired) electrons. The van der Waals surface area contributed by atoms with Gasteiger partial charge in [-0.3, -0.25) is 4.79 Å². The Bertz CT molecular complexity index is 1230. The zero-order chi connectivity index (χ0) is 25.2. The Kier molecular flexibility index (Phi) is 7.67. The van der Waals surface area contributed by atoms with E-state index in [9.17, 15) is 4.79 Å². The molecule has 1 aromatic heterocycles. The van der Waals surface area contributed by atoms with Gasteiger partial charge >= 0.3 is 0 Å². The molecular weight excluding hydrogens is 476 g/mol. The van der Waals surface area contributed by atoms with Gasteiger partial charge in [-0.15, -0.1) is 11.3 Å². The Hall–Kier alpha value is -2.63. The average molecular weight is 509 g/mol. The van der Waals surface area contributed by atoms with Crippen LogP contribution in [-0.2, 0) is 12.8 Å². The predicted octanol–water partition coefficient (Wildman–Crippen LogP) is 8.34. The fourth-order valence-corrected chi connectivity index (χ4v) is 5.91. The number of hydrogen-bond acceptors (Lipinski definition) is 4. The van der Waals surface area contributed by atoms with Gasteiger partial charge in [0.1, 0.15) is 10.8 Å². The number of aliphatic imine (C=N–C) groups is 1. The minimum atomic E-state index is -0.111. The van der Waals surface area contributed by atoms with Crippen molar-refractivity contribution in [2.24, 2.45) is 16.3 Å². The summed E-state index contributed by atoms with van der Waals surface area (Å²) in [6.45, 7) is 10.9. The smallest absolute Gasteiger partial charge is 0.259 e. The molecule has 1 aliphatic rings. The topological polar surface area (TPSA) is 50.7 Å². The van der Waals surface area contributed by atoms with Gasteiger partial charge < -0.3 is 10.1 Å². The number of benzene rings is 2. The Balaban J connectivity index is 1.73. The summed E-state index contributed by atoms with van der Waals surface area (Å²) in [6, 6.07) is 15.1. The highest BCUT2D eigenvalue weighted by molar-refractivity contribution is 7.16. The molecule has 0 unspecified atom stereocenters. The molecule has 4 rings (SSSR count). The minimum absolute atomic E-state index is 0.0268. The van der Waals surface area contributed by atoms with Crippen molar-refractivity contribution in [3.8, 4) is 5.75 Å². The van der Waals surface area contributed by atoms with Crippen LogP contribution in [0.25, 0.3) is 0 Å². The van der Waals surface area contributed by atoms with E-state index in [1.807, 2.05) is 62.4 Å². The maximum Gasteiger partial charge on any atom is 0.259 e. The molecule has 1 heterocycles. The summed E-state index contributed by atoms with van der Waals surface area (Å²) >= 11 is 7.90. The summed E-state index contributed by atoms with van der Waals surface area (Å²) < 4.78 is 5.95. The summed E-state index contributed by atoms with van der Waals surface area (Å²) in [4.78, 5) is 19.6. The minimum Gasteiger partial charge on any atom is -0.490 e. The number of carbonyl (C=O) groups excluding carboxylic acids is 1. The van der Waals surface area contributed by atoms with E-state index in [-0.39, 0.29) is 17.4 Å². The summed E-state index contributed by atoms with van der Waals surface area (Å²) in [5, 5.41) is 4.41. The Morgan fingerprint density at radius 1 is 1.20 bits per heavy atom. The highest BCUT2D eigenvalue weighted by Crippen LogP contribution is 2.45. The third-order valence-electron chi connectivity index (χ3n) is 6.39. The van der Waals surface area contributed by atoms with Crippen LogP contribution in [-0.4, -0.2) is 18.2 Å². The normalized spacial score (nSPS) is 15.9. The first kappa shape index (κ1) is 25.5. The van der Waals surface area contributed by atoms with Crippen molar-refractivity contribution in [3.63, 3.8) is 0 Å². The van der Waals surface area contributed by atoms with Crippen LogP contribution in [0.5, 0.6) is 5.75 Å². The molecule has 1 atom stereocenters. The van der Waals surface area contributed by atoms with Gasteiger partial charge in [0.25, 0.3) is 5.91 Å². The molecule has 3 aromatic rings. The second-order valence-corrected chi connectivity index (χ2v) is 11.9. The second kappa shape index (κ2) is 10.5. The van der Waals surface area contributed by atoms with E-state index in [0.717, 1.165) is 46.8 Å². The van der Waals surface area contributed by atoms with Gasteiger partial charge in [0.15, 0.2) is 0 Å². The van der Waals surface area contributed by atoms with Crippen LogP contribution in [0.1, 0.15) is 67.4 Å². The average Bonchev–Trinajstić information content (AvgIpc) is 3.17. The molecule has 0 bridgehead atoms. The zero-order valence-electron chi connectivity index (χ0n) is 21.0. The molecule has 0 fully saturated rings. The van der Waals surface area contributed by atoms with Crippen molar-refractivity contribution in [2.45, 2.75) is 60.0 Å². The third kappa shape index (κ3) is 6.14. The summed E-state index contributed by atoms with van der Waals surface area (Å²) in [6.07, 6.45) is 4.73. The maximum atomic E-state index is 13.5. The second-order valence-electron chi connectivity index (χ2n) is 10.4. The lowest BCUT2D eigenvalue weighted by molar-refractivity contribution is 0.102. The van der Waals surface area contributed by atoms with Crippen molar-refractivity contribution >= 4 is 45.7 Å². The van der Waals surface area contributed by atoms with Crippen LogP contribution in [0.2, 0.25) is 5.02 Å². The van der Waals surface area contributed by atoms with Gasteiger partial charge in [0, 0.05) is 27.4 Å². The van der Waals surface area contributed by atoms with Crippen molar-refractivity contribution < 1.29 is 9.53 Å². The lowest BCUT2D eigenvalue weighted by Crippen LogP contribution is -2.27. The zero-order valence-corrected chi connectivity index (χ0v) is 22.6. The van der Waals surface area contributed by atoms with Crippen molar-refractivity contribution in [2.75, 3.05) is 5.32 Å². The number of rotatable bonds is 6. The molecule has 1 N–H and O–H groups in total. The number of carbonyl (C=O) groups is 1. The van der Waals surface area contributed by atoms with E-state index in [2.05, 4.69) is 26.1 Å². The first-order chi connectivity index (χ1) is 16.6. The van der Waals surface area contributed by atoms with E-state index in [0.29, 0.717) is 16.5 Å². The number of nitrogens with zero attached hydrogens (tertiary/aromatic N) is 1. The molecule has 0 aliphatic heterocycles. The molecule has 0 saturated carbocycles. The van der Waals surface area contributed by atoms with E-state index in [1.54, 1.807) is 17.6 Å². The summed E-state index contributed by atoms with van der Waals surface area (Å²) in [7, 11) is 0. The van der Waals surface area contributed by atoms with Gasteiger partial charge in [-0.25, -0.2) is 4.99 Å². The standard InChI is InChI=1S/C29H33ClN2O2S/c1-18(2)34-24-14-12-21(30)15-19(24)17-31-28-26(27(33)32-22-9-7-6-8-10-22)23-13-11-20(29(3,4)5)16-25(23)35-28/h6-10,12,14-15,17-18,20H,11,13,16H2,1-5H3,(H,32,33)/t20-/m0/s1. The maximum absolute atomic E-state index is 13.5. The molecular formula is C29H33ClN2O2S. The van der Waals surface area contributed by atoms with Crippen LogP contribution in [0.15, 0.2) is 53.5 Å². The predicted molar refractivity (Wildman–Crippen MR) is 148 cm³/mol. The number of amides is 1. The number of halogens is 1. The van der Waals surface area contributed by atoms with Crippen LogP contribution in [0.3, 0.4) is 0 Å². The summed E-state index contributed by atoms with van der Waals surface area (Å²) in [5.41, 5.74) is 3.62. The van der Waals surface area contributed by atoms with E-state index >= 15 is 0 Å². The fraction of sp³-hybridized carbons (Fsp3) is 0.379. The van der Waals surface area contributed by atoms with Crippen LogP contribution in [0.4, 0.5) is 10.7 Å². The molecule has 1 aliphatic carbocycles. The summed E-state index contributed by atoms with van der Waals surface area (Å²) in [5.74, 6) is 1.19. The SMILES string of the molecule is CC(C)Oc1ccc(Cl)cc1C=Nc1sc2c(c1C(=O)Nc1ccccc1)CC[C@H](C(C)(C)C)C2. The Labute approximate surface area is 217 Å². The Morgan fingerprint density at radius 3 is 2.63 bits per heavy atom. The molecule has 1 amide bonds. The first-order valence-corrected chi connectivity index (χ1v) is 13.3. The first-order valence-electron chi connectivity index (χ1n) is 12.1. The van der Waals surface area contributed by atoms with Crippen molar-refractivity contribution in [3.05, 3.63) is 75.1 Å². The molecule has 184 valence electrons. The van der Waals surface area contributed by atoms with E-state index in [4.69, 9.17) is 21.3 Å². The third-order valence-corrected chi connectivity index (χ3v) is 7.78. The molecule has 2 aromatic carbocycles. The number of fused-ring (bicyclic) bond motifs is 1. The van der Waals surface area contributed by atoms with Crippen LogP contribution >= 0.6 is 22.9 Å². The largest absolute Gasteiger partial charge is 0.490 e. The molecule has 0 spiro atoms. The molecule has 4 nitrogen and oxygen atoms in total. The molecule has 35 heavy (non-hydrogen) atoms. The van der Waals surface area contributed by atoms with Gasteiger partial charge in [-0.2, -0.15) is 0 Å². The van der Waals surface area contributed by atoms with Gasteiger partial charge in [-0.05, 0) is 80.3 Å². The monoisotopic (exact) mass is 508 g/mol. The lowest BCUT2D eigenvalue weighted by atomic mass is 9.72. The van der Waals surface area contributed by atoms with Gasteiger partial charge in [0.05, 0.1) is 11.7 Å². The highest BCUT2D eigenvalue weighted by Gasteiger charge is 2.33. The molecule has 0 saturated heterocycles. The van der Waals surface area contributed by atoms with Crippen molar-refractivity contribution in [1.82, 2.24) is 0 Å². The fourth-order valence-electron chi connectivity index (χ4n) is 4.46. The molecule has 6 heteroatoms. The number of ether oxygens (including phenoxy) is 1. The number of nitrogens with one attached hydrogen (secondary N) is 1. The van der Waals surface area contributed by atoms with Crippen molar-refractivity contribution in [1.29, 1.82) is 0 Å². The van der Waals surface area contributed by atoms with Crippen LogP contribution in [0, 0.1) is 11.3 Å². The van der Waals surface area contributed by atoms with Gasteiger partial charge in [-0.1, -0.05) is 50.6 Å². The Morgan fingerprint density at radius 2 is 1.94 bits per heavy atom. The number of hydrogen-bond donors (Lipinski definition) is 1. The number of anilines is 1. The number of para-hydroxylation sites is 1. The van der Waals surface area contributed by atoms with E-state index < -0.39 is 0 Å². The van der Waals surface area contributed by atoms with Gasteiger partial charge in [0.2, 0.25) is 0 Å².